The molecular weight excluding hydrogens is 314 g/mol. The van der Waals surface area contributed by atoms with E-state index in [0.29, 0.717) is 24.8 Å². The number of carbonyl (C=O) groups excluding carboxylic acids is 1. The van der Waals surface area contributed by atoms with Gasteiger partial charge in [-0.05, 0) is 44.6 Å². The maximum absolute atomic E-state index is 12.7. The van der Waals surface area contributed by atoms with Crippen LogP contribution in [0.2, 0.25) is 0 Å². The Balaban J connectivity index is 1.39. The van der Waals surface area contributed by atoms with Gasteiger partial charge in [-0.1, -0.05) is 35.5 Å². The summed E-state index contributed by atoms with van der Waals surface area (Å²) in [5.74, 6) is 2.27. The quantitative estimate of drug-likeness (QED) is 0.837. The smallest absolute Gasteiger partial charge is 0.234 e. The fraction of sp³-hybridized carbons (Fsp3) is 0.550. The summed E-state index contributed by atoms with van der Waals surface area (Å²) >= 11 is 0. The minimum atomic E-state index is -0.221. The third-order valence-corrected chi connectivity index (χ3v) is 5.42. The fourth-order valence-corrected chi connectivity index (χ4v) is 3.67. The standard InChI is InChI=1S/C20H25N3O2/c1-20(19-21-18(22-25-19)16-9-10-16)12-5-13-23(14-20)17(24)11-8-15-6-3-2-4-7-15/h2-4,6-7,16H,5,8-14H2,1H3. The molecule has 1 aliphatic heterocycles. The Morgan fingerprint density at radius 2 is 2.12 bits per heavy atom. The molecule has 1 atom stereocenters. The Labute approximate surface area is 148 Å². The summed E-state index contributed by atoms with van der Waals surface area (Å²) in [5, 5.41) is 4.15. The van der Waals surface area contributed by atoms with Crippen LogP contribution in [0.1, 0.15) is 62.2 Å². The Kier molecular flexibility index (Phi) is 4.32. The van der Waals surface area contributed by atoms with Crippen molar-refractivity contribution in [2.24, 2.45) is 0 Å². The molecule has 1 aromatic heterocycles. The molecule has 5 heteroatoms. The van der Waals surface area contributed by atoms with Crippen molar-refractivity contribution in [2.75, 3.05) is 13.1 Å². The van der Waals surface area contributed by atoms with Crippen molar-refractivity contribution < 1.29 is 9.32 Å². The maximum atomic E-state index is 12.7. The average molecular weight is 339 g/mol. The lowest BCUT2D eigenvalue weighted by atomic mass is 9.81. The predicted octanol–water partition coefficient (Wildman–Crippen LogP) is 3.46. The van der Waals surface area contributed by atoms with Crippen LogP contribution >= 0.6 is 0 Å². The van der Waals surface area contributed by atoms with Gasteiger partial charge in [0, 0.05) is 25.4 Å². The van der Waals surface area contributed by atoms with Crippen LogP contribution < -0.4 is 0 Å². The second-order valence-corrected chi connectivity index (χ2v) is 7.70. The van der Waals surface area contributed by atoms with Crippen LogP contribution in [0.3, 0.4) is 0 Å². The van der Waals surface area contributed by atoms with Crippen LogP contribution in [0.5, 0.6) is 0 Å². The van der Waals surface area contributed by atoms with E-state index in [1.54, 1.807) is 0 Å². The van der Waals surface area contributed by atoms with E-state index in [4.69, 9.17) is 4.52 Å². The lowest BCUT2D eigenvalue weighted by molar-refractivity contribution is -0.133. The van der Waals surface area contributed by atoms with E-state index in [1.165, 1.54) is 18.4 Å². The second-order valence-electron chi connectivity index (χ2n) is 7.70. The van der Waals surface area contributed by atoms with Gasteiger partial charge in [0.05, 0.1) is 5.41 Å². The molecule has 0 N–H and O–H groups in total. The van der Waals surface area contributed by atoms with E-state index in [0.717, 1.165) is 31.6 Å². The highest BCUT2D eigenvalue weighted by Gasteiger charge is 2.40. The van der Waals surface area contributed by atoms with Gasteiger partial charge in [-0.2, -0.15) is 4.98 Å². The first-order chi connectivity index (χ1) is 12.1. The van der Waals surface area contributed by atoms with Crippen molar-refractivity contribution in [1.82, 2.24) is 15.0 Å². The Hall–Kier alpha value is -2.17. The lowest BCUT2D eigenvalue weighted by Crippen LogP contribution is -2.47. The van der Waals surface area contributed by atoms with Gasteiger partial charge in [-0.25, -0.2) is 0 Å². The van der Waals surface area contributed by atoms with Gasteiger partial charge in [0.2, 0.25) is 11.8 Å². The number of carbonyl (C=O) groups is 1. The van der Waals surface area contributed by atoms with Crippen LogP contribution in [0, 0.1) is 0 Å². The van der Waals surface area contributed by atoms with E-state index in [-0.39, 0.29) is 11.3 Å². The Morgan fingerprint density at radius 3 is 2.88 bits per heavy atom. The number of aromatic nitrogens is 2. The van der Waals surface area contributed by atoms with Crippen LogP contribution in [0.25, 0.3) is 0 Å². The predicted molar refractivity (Wildman–Crippen MR) is 94.2 cm³/mol. The van der Waals surface area contributed by atoms with E-state index in [9.17, 15) is 4.79 Å². The highest BCUT2D eigenvalue weighted by molar-refractivity contribution is 5.76. The van der Waals surface area contributed by atoms with Crippen LogP contribution in [-0.2, 0) is 16.6 Å². The molecule has 25 heavy (non-hydrogen) atoms. The van der Waals surface area contributed by atoms with Gasteiger partial charge >= 0.3 is 0 Å². The third-order valence-electron chi connectivity index (χ3n) is 5.42. The lowest BCUT2D eigenvalue weighted by Gasteiger charge is -2.38. The number of hydrogen-bond acceptors (Lipinski definition) is 4. The number of piperidine rings is 1. The summed E-state index contributed by atoms with van der Waals surface area (Å²) in [6.07, 6.45) is 5.65. The van der Waals surface area contributed by atoms with Crippen LogP contribution in [0.4, 0.5) is 0 Å². The fourth-order valence-electron chi connectivity index (χ4n) is 3.67. The maximum Gasteiger partial charge on any atom is 0.234 e. The zero-order valence-corrected chi connectivity index (χ0v) is 14.8. The van der Waals surface area contributed by atoms with Crippen molar-refractivity contribution in [1.29, 1.82) is 0 Å². The van der Waals surface area contributed by atoms with E-state index in [2.05, 4.69) is 29.2 Å². The minimum absolute atomic E-state index is 0.219. The number of nitrogens with zero attached hydrogens (tertiary/aromatic N) is 3. The molecule has 0 radical (unpaired) electrons. The number of likely N-dealkylation sites (tertiary alicyclic amines) is 1. The van der Waals surface area contributed by atoms with Gasteiger partial charge in [-0.15, -0.1) is 0 Å². The number of hydrogen-bond donors (Lipinski definition) is 0. The van der Waals surface area contributed by atoms with Gasteiger partial charge in [0.15, 0.2) is 5.82 Å². The Morgan fingerprint density at radius 1 is 1.32 bits per heavy atom. The molecule has 2 aliphatic rings. The van der Waals surface area contributed by atoms with Gasteiger partial charge in [0.25, 0.3) is 0 Å². The molecule has 0 bridgehead atoms. The number of amides is 1. The molecule has 1 unspecified atom stereocenters. The van der Waals surface area contributed by atoms with Crippen molar-refractivity contribution in [3.8, 4) is 0 Å². The number of benzene rings is 1. The second kappa shape index (κ2) is 6.62. The van der Waals surface area contributed by atoms with Gasteiger partial charge < -0.3 is 9.42 Å². The van der Waals surface area contributed by atoms with Crippen molar-refractivity contribution in [2.45, 2.75) is 56.8 Å². The van der Waals surface area contributed by atoms with E-state index in [1.807, 2.05) is 23.1 Å². The molecule has 5 nitrogen and oxygen atoms in total. The van der Waals surface area contributed by atoms with Crippen LogP contribution in [0.15, 0.2) is 34.9 Å². The first kappa shape index (κ1) is 16.3. The first-order valence-electron chi connectivity index (χ1n) is 9.30. The van der Waals surface area contributed by atoms with Gasteiger partial charge in [0.1, 0.15) is 0 Å². The number of rotatable bonds is 5. The zero-order chi connectivity index (χ0) is 17.3. The summed E-state index contributed by atoms with van der Waals surface area (Å²) in [7, 11) is 0. The van der Waals surface area contributed by atoms with E-state index < -0.39 is 0 Å². The SMILES string of the molecule is CC1(c2nc(C3CC3)no2)CCCN(C(=O)CCc2ccccc2)C1. The first-order valence-corrected chi connectivity index (χ1v) is 9.30. The Bertz CT molecular complexity index is 738. The molecular formula is C20H25N3O2. The molecule has 0 spiro atoms. The summed E-state index contributed by atoms with van der Waals surface area (Å²) in [5.41, 5.74) is 0.988. The average Bonchev–Trinajstić information content (AvgIpc) is 3.36. The topological polar surface area (TPSA) is 59.2 Å². The molecule has 1 aliphatic carbocycles. The normalized spacial score (nSPS) is 23.6. The molecule has 1 aromatic carbocycles. The monoisotopic (exact) mass is 339 g/mol. The molecule has 132 valence electrons. The molecule has 4 rings (SSSR count). The highest BCUT2D eigenvalue weighted by Crippen LogP contribution is 2.40. The molecule has 1 amide bonds. The molecule has 1 saturated heterocycles. The largest absolute Gasteiger partial charge is 0.342 e. The summed E-state index contributed by atoms with van der Waals surface area (Å²) in [6, 6.07) is 10.2. The summed E-state index contributed by atoms with van der Waals surface area (Å²) in [4.78, 5) is 19.3. The van der Waals surface area contributed by atoms with Crippen molar-refractivity contribution in [3.05, 3.63) is 47.6 Å². The number of aryl methyl sites for hydroxylation is 1. The van der Waals surface area contributed by atoms with Crippen molar-refractivity contribution >= 4 is 5.91 Å². The van der Waals surface area contributed by atoms with Crippen LogP contribution in [-0.4, -0.2) is 34.0 Å². The molecule has 2 fully saturated rings. The zero-order valence-electron chi connectivity index (χ0n) is 14.8. The summed E-state index contributed by atoms with van der Waals surface area (Å²) in [6.45, 7) is 3.65. The van der Waals surface area contributed by atoms with Gasteiger partial charge in [-0.3, -0.25) is 4.79 Å². The third kappa shape index (κ3) is 3.60. The molecule has 2 aromatic rings. The summed E-state index contributed by atoms with van der Waals surface area (Å²) < 4.78 is 5.57. The minimum Gasteiger partial charge on any atom is -0.342 e. The van der Waals surface area contributed by atoms with Crippen molar-refractivity contribution in [3.63, 3.8) is 0 Å². The molecule has 1 saturated carbocycles. The highest BCUT2D eigenvalue weighted by atomic mass is 16.5. The molecule has 2 heterocycles. The van der Waals surface area contributed by atoms with E-state index >= 15 is 0 Å².